The molecular formula is C12H9ClN6O2. The molecule has 0 bridgehead atoms. The van der Waals surface area contributed by atoms with Gasteiger partial charge in [-0.25, -0.2) is 4.98 Å². The van der Waals surface area contributed by atoms with E-state index in [0.29, 0.717) is 22.5 Å². The highest BCUT2D eigenvalue weighted by atomic mass is 35.5. The third-order valence-electron chi connectivity index (χ3n) is 2.89. The Hall–Kier alpha value is -2.74. The molecular weight excluding hydrogens is 296 g/mol. The maximum atomic E-state index is 11.0. The number of H-pyrrole nitrogens is 1. The number of benzene rings is 1. The molecule has 0 atom stereocenters. The molecule has 0 unspecified atom stereocenters. The number of fused-ring (bicyclic) bond motifs is 1. The first kappa shape index (κ1) is 13.3. The fourth-order valence-electron chi connectivity index (χ4n) is 1.95. The molecule has 2 heterocycles. The standard InChI is InChI=1S/C12H9ClN6O2/c13-12-17-10(9-11(18-12)16-6-15-9)14-5-7-3-1-2-4-8(7)19(20)21/h1-4,6H,5H2,(H2,14,15,16,17,18). The number of halogens is 1. The molecule has 0 radical (unpaired) electrons. The number of aromatic nitrogens is 4. The fourth-order valence-corrected chi connectivity index (χ4v) is 2.12. The van der Waals surface area contributed by atoms with Crippen LogP contribution in [-0.4, -0.2) is 24.9 Å². The van der Waals surface area contributed by atoms with E-state index < -0.39 is 4.92 Å². The molecule has 9 heteroatoms. The molecule has 0 fully saturated rings. The SMILES string of the molecule is O=[N+]([O-])c1ccccc1CNc1nc(Cl)nc2nc[nH]c12. The number of aromatic amines is 1. The van der Waals surface area contributed by atoms with Gasteiger partial charge in [-0.15, -0.1) is 0 Å². The van der Waals surface area contributed by atoms with Gasteiger partial charge in [-0.2, -0.15) is 9.97 Å². The highest BCUT2D eigenvalue weighted by molar-refractivity contribution is 6.28. The van der Waals surface area contributed by atoms with Crippen molar-refractivity contribution in [1.82, 2.24) is 19.9 Å². The topological polar surface area (TPSA) is 110 Å². The van der Waals surface area contributed by atoms with Crippen LogP contribution >= 0.6 is 11.6 Å². The van der Waals surface area contributed by atoms with Gasteiger partial charge >= 0.3 is 0 Å². The quantitative estimate of drug-likeness (QED) is 0.435. The Bertz CT molecular complexity index is 818. The van der Waals surface area contributed by atoms with Crippen molar-refractivity contribution in [2.75, 3.05) is 5.32 Å². The number of nitrogens with one attached hydrogen (secondary N) is 2. The molecule has 21 heavy (non-hydrogen) atoms. The van der Waals surface area contributed by atoms with Gasteiger partial charge in [0.05, 0.1) is 11.3 Å². The number of nitro benzene ring substituents is 1. The summed E-state index contributed by atoms with van der Waals surface area (Å²) in [5.74, 6) is 0.445. The Morgan fingerprint density at radius 2 is 2.14 bits per heavy atom. The number of imidazole rings is 1. The Morgan fingerprint density at radius 1 is 1.33 bits per heavy atom. The normalized spacial score (nSPS) is 10.7. The van der Waals surface area contributed by atoms with Crippen LogP contribution in [-0.2, 0) is 6.54 Å². The molecule has 0 aliphatic heterocycles. The summed E-state index contributed by atoms with van der Waals surface area (Å²) in [7, 11) is 0. The molecule has 106 valence electrons. The molecule has 2 aromatic heterocycles. The lowest BCUT2D eigenvalue weighted by Gasteiger charge is -2.07. The van der Waals surface area contributed by atoms with Crippen LogP contribution in [0.1, 0.15) is 5.56 Å². The van der Waals surface area contributed by atoms with E-state index in [9.17, 15) is 10.1 Å². The molecule has 3 rings (SSSR count). The average Bonchev–Trinajstić information content (AvgIpc) is 2.93. The Morgan fingerprint density at radius 3 is 2.95 bits per heavy atom. The summed E-state index contributed by atoms with van der Waals surface area (Å²) >= 11 is 5.82. The third-order valence-corrected chi connectivity index (χ3v) is 3.06. The van der Waals surface area contributed by atoms with E-state index in [-0.39, 0.29) is 17.5 Å². The van der Waals surface area contributed by atoms with Crippen molar-refractivity contribution in [1.29, 1.82) is 0 Å². The first-order valence-corrected chi connectivity index (χ1v) is 6.36. The summed E-state index contributed by atoms with van der Waals surface area (Å²) < 4.78 is 0. The number of anilines is 1. The summed E-state index contributed by atoms with van der Waals surface area (Å²) in [6.45, 7) is 0.235. The van der Waals surface area contributed by atoms with Crippen LogP contribution < -0.4 is 5.32 Å². The molecule has 0 spiro atoms. The molecule has 1 aromatic carbocycles. The summed E-state index contributed by atoms with van der Waals surface area (Å²) in [5, 5.41) is 14.0. The van der Waals surface area contributed by atoms with Crippen LogP contribution in [0.15, 0.2) is 30.6 Å². The second-order valence-corrected chi connectivity index (χ2v) is 4.52. The average molecular weight is 305 g/mol. The van der Waals surface area contributed by atoms with Gasteiger partial charge in [0.25, 0.3) is 5.69 Å². The molecule has 8 nitrogen and oxygen atoms in total. The zero-order valence-corrected chi connectivity index (χ0v) is 11.3. The lowest BCUT2D eigenvalue weighted by molar-refractivity contribution is -0.385. The van der Waals surface area contributed by atoms with E-state index in [4.69, 9.17) is 11.6 Å². The van der Waals surface area contributed by atoms with Gasteiger partial charge in [0.15, 0.2) is 11.5 Å². The summed E-state index contributed by atoms with van der Waals surface area (Å²) in [4.78, 5) is 25.5. The highest BCUT2D eigenvalue weighted by Gasteiger charge is 2.14. The van der Waals surface area contributed by atoms with Crippen molar-refractivity contribution in [2.24, 2.45) is 0 Å². The maximum absolute atomic E-state index is 11.0. The van der Waals surface area contributed by atoms with Gasteiger partial charge in [-0.3, -0.25) is 10.1 Å². The minimum Gasteiger partial charge on any atom is -0.364 e. The first-order valence-electron chi connectivity index (χ1n) is 5.98. The number of hydrogen-bond acceptors (Lipinski definition) is 6. The van der Waals surface area contributed by atoms with E-state index in [1.165, 1.54) is 12.4 Å². The predicted octanol–water partition coefficient (Wildman–Crippen LogP) is 2.53. The zero-order chi connectivity index (χ0) is 14.8. The molecule has 0 saturated carbocycles. The second kappa shape index (κ2) is 5.33. The Balaban J connectivity index is 1.90. The lowest BCUT2D eigenvalue weighted by Crippen LogP contribution is -2.05. The van der Waals surface area contributed by atoms with Gasteiger partial charge < -0.3 is 10.3 Å². The minimum atomic E-state index is -0.421. The largest absolute Gasteiger partial charge is 0.364 e. The van der Waals surface area contributed by atoms with Gasteiger partial charge in [0.2, 0.25) is 5.28 Å². The van der Waals surface area contributed by atoms with E-state index in [1.807, 2.05) is 0 Å². The number of nitrogens with zero attached hydrogens (tertiary/aromatic N) is 4. The van der Waals surface area contributed by atoms with Crippen LogP contribution in [0.2, 0.25) is 5.28 Å². The lowest BCUT2D eigenvalue weighted by atomic mass is 10.2. The number of nitro groups is 1. The first-order chi connectivity index (χ1) is 10.1. The molecule has 0 saturated heterocycles. The van der Waals surface area contributed by atoms with Crippen LogP contribution in [0.25, 0.3) is 11.2 Å². The number of rotatable bonds is 4. The highest BCUT2D eigenvalue weighted by Crippen LogP contribution is 2.22. The van der Waals surface area contributed by atoms with Crippen LogP contribution in [0.4, 0.5) is 11.5 Å². The van der Waals surface area contributed by atoms with Gasteiger partial charge in [-0.05, 0) is 11.6 Å². The Labute approximate surface area is 123 Å². The van der Waals surface area contributed by atoms with Crippen molar-refractivity contribution in [2.45, 2.75) is 6.54 Å². The van der Waals surface area contributed by atoms with Crippen molar-refractivity contribution in [3.63, 3.8) is 0 Å². The van der Waals surface area contributed by atoms with E-state index in [2.05, 4.69) is 25.3 Å². The van der Waals surface area contributed by atoms with Crippen molar-refractivity contribution in [3.05, 3.63) is 51.6 Å². The van der Waals surface area contributed by atoms with E-state index in [1.54, 1.807) is 18.2 Å². The van der Waals surface area contributed by atoms with E-state index >= 15 is 0 Å². The molecule has 0 aliphatic carbocycles. The summed E-state index contributed by atoms with van der Waals surface area (Å²) in [6, 6.07) is 6.49. The van der Waals surface area contributed by atoms with Crippen molar-refractivity contribution >= 4 is 34.3 Å². The Kier molecular flexibility index (Phi) is 3.36. The molecule has 0 amide bonds. The third kappa shape index (κ3) is 2.61. The molecule has 3 aromatic rings. The molecule has 0 aliphatic rings. The monoisotopic (exact) mass is 304 g/mol. The van der Waals surface area contributed by atoms with Gasteiger partial charge in [0.1, 0.15) is 5.52 Å². The van der Waals surface area contributed by atoms with Crippen LogP contribution in [0, 0.1) is 10.1 Å². The predicted molar refractivity (Wildman–Crippen MR) is 77.1 cm³/mol. The number of para-hydroxylation sites is 1. The van der Waals surface area contributed by atoms with Crippen molar-refractivity contribution < 1.29 is 4.92 Å². The van der Waals surface area contributed by atoms with Crippen molar-refractivity contribution in [3.8, 4) is 0 Å². The number of hydrogen-bond donors (Lipinski definition) is 2. The van der Waals surface area contributed by atoms with E-state index in [0.717, 1.165) is 0 Å². The fraction of sp³-hybridized carbons (Fsp3) is 0.0833. The summed E-state index contributed by atoms with van der Waals surface area (Å²) in [5.41, 5.74) is 1.62. The van der Waals surface area contributed by atoms with Crippen LogP contribution in [0.5, 0.6) is 0 Å². The maximum Gasteiger partial charge on any atom is 0.274 e. The second-order valence-electron chi connectivity index (χ2n) is 4.18. The van der Waals surface area contributed by atoms with Gasteiger partial charge in [0, 0.05) is 18.2 Å². The molecule has 2 N–H and O–H groups in total. The van der Waals surface area contributed by atoms with Gasteiger partial charge in [-0.1, -0.05) is 18.2 Å². The zero-order valence-electron chi connectivity index (χ0n) is 10.6. The smallest absolute Gasteiger partial charge is 0.274 e. The summed E-state index contributed by atoms with van der Waals surface area (Å²) in [6.07, 6.45) is 1.48. The van der Waals surface area contributed by atoms with Crippen LogP contribution in [0.3, 0.4) is 0 Å². The minimum absolute atomic E-state index is 0.0472.